The fraction of sp³-hybridized carbons (Fsp3) is 0.417. The van der Waals surface area contributed by atoms with Crippen molar-refractivity contribution in [2.75, 3.05) is 11.9 Å². The van der Waals surface area contributed by atoms with Gasteiger partial charge in [-0.25, -0.2) is 8.78 Å². The van der Waals surface area contributed by atoms with E-state index in [4.69, 9.17) is 0 Å². The molecule has 1 N–H and O–H groups in total. The summed E-state index contributed by atoms with van der Waals surface area (Å²) < 4.78 is 26.9. The topological polar surface area (TPSA) is 24.4 Å². The van der Waals surface area contributed by atoms with Crippen LogP contribution in [0.5, 0.6) is 0 Å². The number of amidine groups is 1. The molecule has 98 valence electrons. The molecule has 2 nitrogen and oxygen atoms in total. The van der Waals surface area contributed by atoms with Gasteiger partial charge < -0.3 is 5.32 Å². The van der Waals surface area contributed by atoms with Gasteiger partial charge in [0.25, 0.3) is 0 Å². The Kier molecular flexibility index (Phi) is 4.61. The van der Waals surface area contributed by atoms with Crippen molar-refractivity contribution in [1.82, 2.24) is 0 Å². The van der Waals surface area contributed by atoms with Crippen LogP contribution < -0.4 is 5.32 Å². The van der Waals surface area contributed by atoms with Crippen molar-refractivity contribution in [1.29, 1.82) is 0 Å². The molecule has 18 heavy (non-hydrogen) atoms. The standard InChI is InChI=1S/C12H13BrF2N2S/c1-2-3-8-6-16-12(18-8)17-11-9(13)4-7(14)5-10(11)15/h4-5,8H,2-3,6H2,1H3,(H,16,17). The van der Waals surface area contributed by atoms with Crippen LogP contribution in [-0.2, 0) is 0 Å². The summed E-state index contributed by atoms with van der Waals surface area (Å²) in [5, 5.41) is 4.07. The van der Waals surface area contributed by atoms with Crippen LogP contribution in [0.2, 0.25) is 0 Å². The van der Waals surface area contributed by atoms with Crippen LogP contribution in [0.25, 0.3) is 0 Å². The lowest BCUT2D eigenvalue weighted by molar-refractivity contribution is 0.585. The molecule has 0 amide bonds. The molecule has 0 spiro atoms. The molecule has 1 heterocycles. The number of benzene rings is 1. The minimum absolute atomic E-state index is 0.236. The quantitative estimate of drug-likeness (QED) is 0.885. The predicted molar refractivity (Wildman–Crippen MR) is 76.3 cm³/mol. The van der Waals surface area contributed by atoms with E-state index in [0.717, 1.165) is 25.5 Å². The molecule has 0 saturated heterocycles. The normalized spacial score (nSPS) is 18.9. The Hall–Kier alpha value is -0.620. The number of anilines is 1. The molecular formula is C12H13BrF2N2S. The van der Waals surface area contributed by atoms with Gasteiger partial charge in [-0.2, -0.15) is 0 Å². The van der Waals surface area contributed by atoms with E-state index < -0.39 is 11.6 Å². The zero-order valence-electron chi connectivity index (χ0n) is 9.84. The summed E-state index contributed by atoms with van der Waals surface area (Å²) in [5.41, 5.74) is 0.236. The Bertz CT molecular complexity index is 456. The highest BCUT2D eigenvalue weighted by atomic mass is 79.9. The lowest BCUT2D eigenvalue weighted by atomic mass is 10.2. The number of thioether (sulfide) groups is 1. The van der Waals surface area contributed by atoms with Gasteiger partial charge >= 0.3 is 0 Å². The molecule has 0 radical (unpaired) electrons. The van der Waals surface area contributed by atoms with Crippen LogP contribution in [0, 0.1) is 11.6 Å². The first kappa shape index (κ1) is 13.8. The molecule has 1 atom stereocenters. The molecule has 0 aliphatic carbocycles. The number of nitrogens with zero attached hydrogens (tertiary/aromatic N) is 1. The number of hydrogen-bond acceptors (Lipinski definition) is 3. The predicted octanol–water partition coefficient (Wildman–Crippen LogP) is 4.41. The second-order valence-corrected chi connectivity index (χ2v) is 6.19. The van der Waals surface area contributed by atoms with E-state index in [9.17, 15) is 8.78 Å². The van der Waals surface area contributed by atoms with Gasteiger partial charge in [0.05, 0.1) is 12.2 Å². The minimum atomic E-state index is -0.621. The molecular weight excluding hydrogens is 322 g/mol. The van der Waals surface area contributed by atoms with Crippen molar-refractivity contribution in [3.8, 4) is 0 Å². The largest absolute Gasteiger partial charge is 0.332 e. The lowest BCUT2D eigenvalue weighted by Gasteiger charge is -2.10. The lowest BCUT2D eigenvalue weighted by Crippen LogP contribution is -2.09. The zero-order chi connectivity index (χ0) is 13.1. The molecule has 0 bridgehead atoms. The van der Waals surface area contributed by atoms with Gasteiger partial charge in [-0.1, -0.05) is 25.1 Å². The van der Waals surface area contributed by atoms with Crippen LogP contribution in [-0.4, -0.2) is 17.0 Å². The summed E-state index contributed by atoms with van der Waals surface area (Å²) in [5.74, 6) is -1.22. The SMILES string of the molecule is CCCC1CN=C(Nc2c(F)cc(F)cc2Br)S1. The van der Waals surface area contributed by atoms with E-state index in [2.05, 4.69) is 33.2 Å². The third kappa shape index (κ3) is 3.23. The second kappa shape index (κ2) is 6.02. The van der Waals surface area contributed by atoms with Gasteiger partial charge in [-0.05, 0) is 28.4 Å². The van der Waals surface area contributed by atoms with Gasteiger partial charge in [0, 0.05) is 15.8 Å². The highest BCUT2D eigenvalue weighted by Crippen LogP contribution is 2.31. The third-order valence-corrected chi connectivity index (χ3v) is 4.36. The second-order valence-electron chi connectivity index (χ2n) is 4.04. The van der Waals surface area contributed by atoms with Crippen molar-refractivity contribution in [3.05, 3.63) is 28.2 Å². The van der Waals surface area contributed by atoms with E-state index in [1.165, 1.54) is 6.07 Å². The molecule has 0 fully saturated rings. The van der Waals surface area contributed by atoms with Crippen LogP contribution in [0.1, 0.15) is 19.8 Å². The molecule has 1 aliphatic rings. The van der Waals surface area contributed by atoms with Crippen molar-refractivity contribution in [3.63, 3.8) is 0 Å². The highest BCUT2D eigenvalue weighted by molar-refractivity contribution is 9.10. The number of hydrogen-bond donors (Lipinski definition) is 1. The van der Waals surface area contributed by atoms with Gasteiger partial charge in [-0.15, -0.1) is 0 Å². The summed E-state index contributed by atoms with van der Waals surface area (Å²) in [6.07, 6.45) is 2.20. The summed E-state index contributed by atoms with van der Waals surface area (Å²) >= 11 is 4.75. The fourth-order valence-corrected chi connectivity index (χ4v) is 3.36. The van der Waals surface area contributed by atoms with E-state index in [1.807, 2.05) is 0 Å². The first-order valence-corrected chi connectivity index (χ1v) is 7.40. The van der Waals surface area contributed by atoms with Crippen molar-refractivity contribution >= 4 is 38.5 Å². The first-order chi connectivity index (χ1) is 8.60. The number of rotatable bonds is 3. The van der Waals surface area contributed by atoms with Crippen LogP contribution >= 0.6 is 27.7 Å². The molecule has 1 aromatic carbocycles. The molecule has 0 aromatic heterocycles. The number of halogens is 3. The molecule has 2 rings (SSSR count). The maximum Gasteiger partial charge on any atom is 0.161 e. The third-order valence-electron chi connectivity index (χ3n) is 2.57. The summed E-state index contributed by atoms with van der Waals surface area (Å²) in [4.78, 5) is 4.32. The van der Waals surface area contributed by atoms with Crippen molar-refractivity contribution < 1.29 is 8.78 Å². The minimum Gasteiger partial charge on any atom is -0.332 e. The van der Waals surface area contributed by atoms with Gasteiger partial charge in [0.1, 0.15) is 5.82 Å². The summed E-state index contributed by atoms with van der Waals surface area (Å²) in [6, 6.07) is 2.09. The van der Waals surface area contributed by atoms with Gasteiger partial charge in [0.15, 0.2) is 11.0 Å². The maximum absolute atomic E-state index is 13.6. The number of aliphatic imine (C=N–C) groups is 1. The van der Waals surface area contributed by atoms with E-state index in [-0.39, 0.29) is 5.69 Å². The fourth-order valence-electron chi connectivity index (χ4n) is 1.73. The maximum atomic E-state index is 13.6. The Morgan fingerprint density at radius 1 is 1.50 bits per heavy atom. The Balaban J connectivity index is 2.07. The van der Waals surface area contributed by atoms with E-state index >= 15 is 0 Å². The van der Waals surface area contributed by atoms with Crippen LogP contribution in [0.15, 0.2) is 21.6 Å². The molecule has 1 aliphatic heterocycles. The Labute approximate surface area is 117 Å². The average molecular weight is 335 g/mol. The average Bonchev–Trinajstić information content (AvgIpc) is 2.72. The smallest absolute Gasteiger partial charge is 0.161 e. The molecule has 1 unspecified atom stereocenters. The Morgan fingerprint density at radius 2 is 2.28 bits per heavy atom. The Morgan fingerprint density at radius 3 is 2.94 bits per heavy atom. The monoisotopic (exact) mass is 334 g/mol. The van der Waals surface area contributed by atoms with Crippen LogP contribution in [0.3, 0.4) is 0 Å². The van der Waals surface area contributed by atoms with Crippen molar-refractivity contribution in [2.24, 2.45) is 4.99 Å². The number of nitrogens with one attached hydrogen (secondary N) is 1. The summed E-state index contributed by atoms with van der Waals surface area (Å²) in [6.45, 7) is 2.88. The van der Waals surface area contributed by atoms with Gasteiger partial charge in [-0.3, -0.25) is 4.99 Å². The van der Waals surface area contributed by atoms with E-state index in [1.54, 1.807) is 11.8 Å². The van der Waals surface area contributed by atoms with Gasteiger partial charge in [0.2, 0.25) is 0 Å². The first-order valence-electron chi connectivity index (χ1n) is 5.72. The zero-order valence-corrected chi connectivity index (χ0v) is 12.2. The molecule has 6 heteroatoms. The van der Waals surface area contributed by atoms with Crippen LogP contribution in [0.4, 0.5) is 14.5 Å². The summed E-state index contributed by atoms with van der Waals surface area (Å²) in [7, 11) is 0. The molecule has 1 aromatic rings. The van der Waals surface area contributed by atoms with E-state index in [0.29, 0.717) is 14.9 Å². The highest BCUT2D eigenvalue weighted by Gasteiger charge is 2.20. The van der Waals surface area contributed by atoms with Crippen molar-refractivity contribution in [2.45, 2.75) is 25.0 Å². The molecule has 0 saturated carbocycles.